The molecule has 0 aromatic heterocycles. The second kappa shape index (κ2) is 8.14. The third-order valence-electron chi connectivity index (χ3n) is 9.19. The summed E-state index contributed by atoms with van der Waals surface area (Å²) in [7, 11) is 0. The molecule has 1 atom stereocenters. The zero-order chi connectivity index (χ0) is 22.6. The molecule has 1 aromatic carbocycles. The van der Waals surface area contributed by atoms with Crippen molar-refractivity contribution < 1.29 is 14.4 Å². The maximum atomic E-state index is 13.9. The van der Waals surface area contributed by atoms with E-state index in [0.717, 1.165) is 56.4 Å². The Hall–Kier alpha value is -2.37. The van der Waals surface area contributed by atoms with Gasteiger partial charge in [-0.05, 0) is 81.3 Å². The predicted molar refractivity (Wildman–Crippen MR) is 124 cm³/mol. The van der Waals surface area contributed by atoms with E-state index in [2.05, 4.69) is 0 Å². The van der Waals surface area contributed by atoms with E-state index >= 15 is 0 Å². The summed E-state index contributed by atoms with van der Waals surface area (Å²) in [5, 5.41) is 0. The molecule has 0 N–H and O–H groups in total. The summed E-state index contributed by atoms with van der Waals surface area (Å²) >= 11 is 0. The lowest BCUT2D eigenvalue weighted by Gasteiger charge is -2.56. The summed E-state index contributed by atoms with van der Waals surface area (Å²) < 4.78 is 0. The molecule has 2 saturated heterocycles. The standard InChI is InChI=1S/C27H35N3O3/c31-24(22-5-2-1-3-6-22)28-9-11-29(12-10-28)25(32)23-7-4-8-30(23)26(33)27-16-19-13-20(17-27)15-21(14-19)18-27/h1-3,5-6,19-21,23H,4,7-18H2. The minimum Gasteiger partial charge on any atom is -0.337 e. The molecule has 1 aromatic rings. The fraction of sp³-hybridized carbons (Fsp3) is 0.667. The average molecular weight is 450 g/mol. The quantitative estimate of drug-likeness (QED) is 0.712. The van der Waals surface area contributed by atoms with Gasteiger partial charge in [0.1, 0.15) is 6.04 Å². The van der Waals surface area contributed by atoms with Gasteiger partial charge in [0, 0.05) is 38.3 Å². The summed E-state index contributed by atoms with van der Waals surface area (Å²) in [5.74, 6) is 2.60. The van der Waals surface area contributed by atoms with Crippen LogP contribution in [0.4, 0.5) is 0 Å². The number of hydrogen-bond donors (Lipinski definition) is 0. The van der Waals surface area contributed by atoms with Crippen LogP contribution < -0.4 is 0 Å². The van der Waals surface area contributed by atoms with Crippen LogP contribution in [0.2, 0.25) is 0 Å². The third-order valence-corrected chi connectivity index (χ3v) is 9.19. The van der Waals surface area contributed by atoms with E-state index in [-0.39, 0.29) is 29.2 Å². The van der Waals surface area contributed by atoms with Crippen molar-refractivity contribution in [3.05, 3.63) is 35.9 Å². The van der Waals surface area contributed by atoms with Crippen LogP contribution in [0.15, 0.2) is 30.3 Å². The highest BCUT2D eigenvalue weighted by Gasteiger charge is 2.57. The summed E-state index contributed by atoms with van der Waals surface area (Å²) in [5.41, 5.74) is 0.513. The van der Waals surface area contributed by atoms with E-state index in [4.69, 9.17) is 0 Å². The number of carbonyl (C=O) groups excluding carboxylic acids is 3. The van der Waals surface area contributed by atoms with E-state index in [0.29, 0.717) is 31.7 Å². The number of carbonyl (C=O) groups is 3. The van der Waals surface area contributed by atoms with E-state index in [1.54, 1.807) is 0 Å². The summed E-state index contributed by atoms with van der Waals surface area (Å²) in [6, 6.07) is 9.04. The lowest BCUT2D eigenvalue weighted by molar-refractivity contribution is -0.162. The number of hydrogen-bond acceptors (Lipinski definition) is 3. The van der Waals surface area contributed by atoms with Gasteiger partial charge in [0.15, 0.2) is 0 Å². The first-order valence-corrected chi connectivity index (χ1v) is 13.0. The molecule has 2 aliphatic heterocycles. The van der Waals surface area contributed by atoms with Crippen molar-refractivity contribution in [2.24, 2.45) is 23.2 Å². The van der Waals surface area contributed by atoms with Gasteiger partial charge >= 0.3 is 0 Å². The largest absolute Gasteiger partial charge is 0.337 e. The average Bonchev–Trinajstić information content (AvgIpc) is 3.32. The molecule has 176 valence electrons. The molecule has 0 spiro atoms. The zero-order valence-corrected chi connectivity index (χ0v) is 19.5. The topological polar surface area (TPSA) is 60.9 Å². The summed E-state index contributed by atoms with van der Waals surface area (Å²) in [4.78, 5) is 45.9. The van der Waals surface area contributed by atoms with Gasteiger partial charge in [-0.3, -0.25) is 14.4 Å². The number of benzene rings is 1. The number of nitrogens with zero attached hydrogens (tertiary/aromatic N) is 3. The Morgan fingerprint density at radius 3 is 1.94 bits per heavy atom. The van der Waals surface area contributed by atoms with Crippen molar-refractivity contribution in [1.29, 1.82) is 0 Å². The first kappa shape index (κ1) is 21.2. The van der Waals surface area contributed by atoms with Gasteiger partial charge in [0.2, 0.25) is 11.8 Å². The van der Waals surface area contributed by atoms with E-state index in [9.17, 15) is 14.4 Å². The van der Waals surface area contributed by atoms with Crippen molar-refractivity contribution in [2.75, 3.05) is 32.7 Å². The Balaban J connectivity index is 1.11. The Morgan fingerprint density at radius 2 is 1.33 bits per heavy atom. The number of rotatable bonds is 3. The molecule has 4 bridgehead atoms. The second-order valence-corrected chi connectivity index (χ2v) is 11.3. The van der Waals surface area contributed by atoms with Crippen LogP contribution in [-0.2, 0) is 9.59 Å². The van der Waals surface area contributed by atoms with Crippen molar-refractivity contribution in [1.82, 2.24) is 14.7 Å². The van der Waals surface area contributed by atoms with Crippen molar-refractivity contribution >= 4 is 17.7 Å². The van der Waals surface area contributed by atoms with Crippen LogP contribution in [0.3, 0.4) is 0 Å². The Kier molecular flexibility index (Phi) is 5.22. The molecule has 2 heterocycles. The Bertz CT molecular complexity index is 902. The molecule has 6 nitrogen and oxygen atoms in total. The minimum atomic E-state index is -0.304. The minimum absolute atomic E-state index is 0.0298. The van der Waals surface area contributed by atoms with Crippen LogP contribution in [0.25, 0.3) is 0 Å². The predicted octanol–water partition coefficient (Wildman–Crippen LogP) is 3.18. The molecule has 33 heavy (non-hydrogen) atoms. The molecule has 6 heteroatoms. The van der Waals surface area contributed by atoms with Crippen LogP contribution in [-0.4, -0.2) is 71.2 Å². The summed E-state index contributed by atoms with van der Waals surface area (Å²) in [6.45, 7) is 2.92. The van der Waals surface area contributed by atoms with Gasteiger partial charge in [-0.1, -0.05) is 18.2 Å². The van der Waals surface area contributed by atoms with Gasteiger partial charge in [0.25, 0.3) is 5.91 Å². The third kappa shape index (κ3) is 3.66. The lowest BCUT2D eigenvalue weighted by atomic mass is 9.49. The number of amides is 3. The molecule has 6 fully saturated rings. The number of piperazine rings is 1. The van der Waals surface area contributed by atoms with Gasteiger partial charge in [-0.25, -0.2) is 0 Å². The van der Waals surface area contributed by atoms with E-state index in [1.165, 1.54) is 19.3 Å². The second-order valence-electron chi connectivity index (χ2n) is 11.3. The monoisotopic (exact) mass is 449 g/mol. The van der Waals surface area contributed by atoms with Gasteiger partial charge < -0.3 is 14.7 Å². The fourth-order valence-corrected chi connectivity index (χ4v) is 8.05. The molecule has 1 unspecified atom stereocenters. The molecule has 3 amide bonds. The first-order valence-electron chi connectivity index (χ1n) is 13.0. The molecule has 7 rings (SSSR count). The normalized spacial score (nSPS) is 35.2. The van der Waals surface area contributed by atoms with E-state index in [1.807, 2.05) is 45.0 Å². The SMILES string of the molecule is O=C(c1ccccc1)N1CCN(C(=O)C2CCCN2C(=O)C23CC4CC(CC(C4)C2)C3)CC1. The van der Waals surface area contributed by atoms with Crippen LogP contribution in [0, 0.1) is 23.2 Å². The fourth-order valence-electron chi connectivity index (χ4n) is 8.05. The van der Waals surface area contributed by atoms with Crippen LogP contribution in [0.5, 0.6) is 0 Å². The van der Waals surface area contributed by atoms with Gasteiger partial charge in [0.05, 0.1) is 5.41 Å². The Labute approximate surface area is 196 Å². The Morgan fingerprint density at radius 1 is 0.758 bits per heavy atom. The molecule has 6 aliphatic rings. The first-order chi connectivity index (χ1) is 16.0. The molecular weight excluding hydrogens is 414 g/mol. The summed E-state index contributed by atoms with van der Waals surface area (Å²) in [6.07, 6.45) is 8.81. The van der Waals surface area contributed by atoms with Crippen LogP contribution in [0.1, 0.15) is 61.7 Å². The molecule has 0 radical (unpaired) electrons. The molecule has 4 aliphatic carbocycles. The van der Waals surface area contributed by atoms with Crippen molar-refractivity contribution in [3.63, 3.8) is 0 Å². The highest BCUT2D eigenvalue weighted by Crippen LogP contribution is 2.60. The highest BCUT2D eigenvalue weighted by molar-refractivity contribution is 5.94. The van der Waals surface area contributed by atoms with Crippen molar-refractivity contribution in [2.45, 2.75) is 57.4 Å². The number of likely N-dealkylation sites (tertiary alicyclic amines) is 1. The smallest absolute Gasteiger partial charge is 0.253 e. The van der Waals surface area contributed by atoms with Gasteiger partial charge in [-0.15, -0.1) is 0 Å². The zero-order valence-electron chi connectivity index (χ0n) is 19.5. The lowest BCUT2D eigenvalue weighted by Crippen LogP contribution is -2.59. The maximum Gasteiger partial charge on any atom is 0.253 e. The van der Waals surface area contributed by atoms with Crippen LogP contribution >= 0.6 is 0 Å². The van der Waals surface area contributed by atoms with E-state index < -0.39 is 0 Å². The highest BCUT2D eigenvalue weighted by atomic mass is 16.2. The molecular formula is C27H35N3O3. The van der Waals surface area contributed by atoms with Gasteiger partial charge in [-0.2, -0.15) is 0 Å². The maximum absolute atomic E-state index is 13.9. The van der Waals surface area contributed by atoms with Crippen molar-refractivity contribution in [3.8, 4) is 0 Å². The molecule has 4 saturated carbocycles.